The normalized spacial score (nSPS) is 19.1. The number of aliphatic hydroxyl groups excluding tert-OH is 5. The summed E-state index contributed by atoms with van der Waals surface area (Å²) in [6, 6.07) is -0.832. The number of hydrogen-bond acceptors (Lipinski definition) is 10. The van der Waals surface area contributed by atoms with E-state index in [9.17, 15) is 35.1 Å². The molecule has 0 bridgehead atoms. The van der Waals surface area contributed by atoms with Crippen LogP contribution >= 0.6 is 0 Å². The fourth-order valence-electron chi connectivity index (χ4n) is 9.65. The van der Waals surface area contributed by atoms with E-state index in [0.29, 0.717) is 19.4 Å². The Morgan fingerprint density at radius 2 is 0.904 bits per heavy atom. The summed E-state index contributed by atoms with van der Waals surface area (Å²) in [6.07, 6.45) is 54.1. The average Bonchev–Trinajstić information content (AvgIpc) is 3.39. The van der Waals surface area contributed by atoms with E-state index in [1.807, 2.05) is 6.08 Å². The third kappa shape index (κ3) is 41.7. The van der Waals surface area contributed by atoms with Gasteiger partial charge in [-0.05, 0) is 51.4 Å². The van der Waals surface area contributed by atoms with Crippen LogP contribution in [0, 0.1) is 0 Å². The smallest absolute Gasteiger partial charge is 0.305 e. The van der Waals surface area contributed by atoms with Crippen molar-refractivity contribution in [1.82, 2.24) is 5.32 Å². The first-order valence-electron chi connectivity index (χ1n) is 30.8. The zero-order chi connectivity index (χ0) is 53.1. The van der Waals surface area contributed by atoms with Crippen molar-refractivity contribution in [3.8, 4) is 0 Å². The van der Waals surface area contributed by atoms with E-state index in [4.69, 9.17) is 14.2 Å². The lowest BCUT2D eigenvalue weighted by molar-refractivity contribution is -0.302. The van der Waals surface area contributed by atoms with Gasteiger partial charge in [0.05, 0.1) is 32.0 Å². The Hall–Kier alpha value is -2.12. The van der Waals surface area contributed by atoms with Crippen LogP contribution in [0.15, 0.2) is 36.5 Å². The van der Waals surface area contributed by atoms with Crippen LogP contribution in [0.5, 0.6) is 0 Å². The highest BCUT2D eigenvalue weighted by Crippen LogP contribution is 2.23. The lowest BCUT2D eigenvalue weighted by atomic mass is 9.99. The summed E-state index contributed by atoms with van der Waals surface area (Å²) < 4.78 is 16.7. The molecule has 1 heterocycles. The van der Waals surface area contributed by atoms with E-state index in [-0.39, 0.29) is 18.5 Å². The predicted molar refractivity (Wildman–Crippen MR) is 301 cm³/mol. The molecule has 1 amide bonds. The van der Waals surface area contributed by atoms with Crippen LogP contribution in [-0.4, -0.2) is 100 Å². The molecule has 0 radical (unpaired) electrons. The molecule has 6 N–H and O–H groups in total. The Morgan fingerprint density at radius 1 is 0.507 bits per heavy atom. The van der Waals surface area contributed by atoms with Gasteiger partial charge in [-0.1, -0.05) is 256 Å². The minimum absolute atomic E-state index is 0.00312. The summed E-state index contributed by atoms with van der Waals surface area (Å²) >= 11 is 0. The van der Waals surface area contributed by atoms with Crippen molar-refractivity contribution in [2.75, 3.05) is 19.8 Å². The van der Waals surface area contributed by atoms with Crippen LogP contribution in [0.4, 0.5) is 0 Å². The highest BCUT2D eigenvalue weighted by atomic mass is 16.7. The number of carbonyl (C=O) groups excluding carboxylic acids is 2. The van der Waals surface area contributed by atoms with Gasteiger partial charge in [-0.25, -0.2) is 0 Å². The predicted octanol–water partition coefficient (Wildman–Crippen LogP) is 14.3. The number of carbonyl (C=O) groups is 2. The first kappa shape index (κ1) is 68.9. The Bertz CT molecular complexity index is 1310. The monoisotopic (exact) mass is 1030 g/mol. The molecule has 1 saturated heterocycles. The molecule has 1 fully saturated rings. The third-order valence-electron chi connectivity index (χ3n) is 14.5. The lowest BCUT2D eigenvalue weighted by Crippen LogP contribution is -2.60. The van der Waals surface area contributed by atoms with Crippen molar-refractivity contribution in [2.45, 2.75) is 326 Å². The topological polar surface area (TPSA) is 175 Å². The van der Waals surface area contributed by atoms with E-state index < -0.39 is 49.5 Å². The highest BCUT2D eigenvalue weighted by Gasteiger charge is 2.44. The van der Waals surface area contributed by atoms with Gasteiger partial charge in [0.1, 0.15) is 24.4 Å². The minimum Gasteiger partial charge on any atom is -0.466 e. The second-order valence-electron chi connectivity index (χ2n) is 21.4. The molecule has 0 spiro atoms. The number of amides is 1. The summed E-state index contributed by atoms with van der Waals surface area (Å²) in [5.74, 6) is -0.194. The lowest BCUT2D eigenvalue weighted by Gasteiger charge is -2.40. The van der Waals surface area contributed by atoms with Crippen LogP contribution in [0.1, 0.15) is 284 Å². The number of hydrogen-bond donors (Lipinski definition) is 6. The van der Waals surface area contributed by atoms with Crippen LogP contribution in [0.2, 0.25) is 0 Å². The van der Waals surface area contributed by atoms with E-state index in [1.165, 1.54) is 186 Å². The summed E-state index contributed by atoms with van der Waals surface area (Å²) in [6.45, 7) is 4.21. The zero-order valence-corrected chi connectivity index (χ0v) is 47.1. The highest BCUT2D eigenvalue weighted by molar-refractivity contribution is 5.76. The molecule has 0 aromatic carbocycles. The first-order valence-corrected chi connectivity index (χ1v) is 30.8. The maximum Gasteiger partial charge on any atom is 0.305 e. The van der Waals surface area contributed by atoms with Gasteiger partial charge in [-0.3, -0.25) is 9.59 Å². The van der Waals surface area contributed by atoms with Gasteiger partial charge in [-0.2, -0.15) is 0 Å². The van der Waals surface area contributed by atoms with Gasteiger partial charge in [0.15, 0.2) is 6.29 Å². The maximum absolute atomic E-state index is 13.0. The summed E-state index contributed by atoms with van der Waals surface area (Å²) in [7, 11) is 0. The first-order chi connectivity index (χ1) is 35.7. The summed E-state index contributed by atoms with van der Waals surface area (Å²) in [5, 5.41) is 54.2. The number of ether oxygens (including phenoxy) is 3. The zero-order valence-electron chi connectivity index (χ0n) is 47.1. The van der Waals surface area contributed by atoms with Gasteiger partial charge in [0.25, 0.3) is 0 Å². The van der Waals surface area contributed by atoms with Crippen molar-refractivity contribution < 1.29 is 49.3 Å². The molecule has 0 aromatic heterocycles. The fourth-order valence-corrected chi connectivity index (χ4v) is 9.65. The molecule has 11 heteroatoms. The van der Waals surface area contributed by atoms with E-state index >= 15 is 0 Å². The summed E-state index contributed by atoms with van der Waals surface area (Å²) in [5.41, 5.74) is 0. The van der Waals surface area contributed by atoms with Crippen LogP contribution in [-0.2, 0) is 23.8 Å². The quantitative estimate of drug-likeness (QED) is 0.0195. The second kappa shape index (κ2) is 52.0. The number of esters is 1. The molecule has 7 unspecified atom stereocenters. The molecule has 0 saturated carbocycles. The van der Waals surface area contributed by atoms with Crippen molar-refractivity contribution in [1.29, 1.82) is 0 Å². The minimum atomic E-state index is -1.58. The van der Waals surface area contributed by atoms with Crippen molar-refractivity contribution in [2.24, 2.45) is 0 Å². The number of allylic oxidation sites excluding steroid dienone is 5. The van der Waals surface area contributed by atoms with Crippen molar-refractivity contribution in [3.63, 3.8) is 0 Å². The Labute approximate surface area is 447 Å². The fraction of sp³-hybridized carbons (Fsp3) is 0.871. The van der Waals surface area contributed by atoms with Crippen LogP contribution < -0.4 is 5.32 Å². The molecule has 11 nitrogen and oxygen atoms in total. The number of rotatable bonds is 53. The van der Waals surface area contributed by atoms with Crippen molar-refractivity contribution >= 4 is 11.9 Å². The van der Waals surface area contributed by atoms with Gasteiger partial charge >= 0.3 is 5.97 Å². The van der Waals surface area contributed by atoms with E-state index in [0.717, 1.165) is 70.6 Å². The van der Waals surface area contributed by atoms with Gasteiger partial charge in [-0.15, -0.1) is 0 Å². The van der Waals surface area contributed by atoms with Crippen LogP contribution in [0.3, 0.4) is 0 Å². The second-order valence-corrected chi connectivity index (χ2v) is 21.4. The van der Waals surface area contributed by atoms with Gasteiger partial charge in [0, 0.05) is 12.8 Å². The van der Waals surface area contributed by atoms with Gasteiger partial charge in [0.2, 0.25) is 5.91 Å². The van der Waals surface area contributed by atoms with Gasteiger partial charge < -0.3 is 45.1 Å². The number of nitrogens with one attached hydrogen (secondary N) is 1. The number of aliphatic hydroxyl groups is 5. The molecule has 1 aliphatic heterocycles. The molecule has 73 heavy (non-hydrogen) atoms. The maximum atomic E-state index is 13.0. The largest absolute Gasteiger partial charge is 0.466 e. The number of unbranched alkanes of at least 4 members (excludes halogenated alkanes) is 35. The molecular formula is C62H115NO10. The third-order valence-corrected chi connectivity index (χ3v) is 14.5. The molecule has 0 aromatic rings. The molecule has 0 aliphatic carbocycles. The average molecular weight is 1030 g/mol. The Morgan fingerprint density at radius 3 is 1.34 bits per heavy atom. The Kier molecular flexibility index (Phi) is 49.0. The molecule has 1 rings (SSSR count). The van der Waals surface area contributed by atoms with Crippen LogP contribution in [0.25, 0.3) is 0 Å². The summed E-state index contributed by atoms with van der Waals surface area (Å²) in [4.78, 5) is 25.0. The van der Waals surface area contributed by atoms with E-state index in [2.05, 4.69) is 43.5 Å². The standard InChI is InChI=1S/C62H115NO10/c1-3-5-7-9-11-13-29-34-38-42-46-50-58(67)71-51-47-43-39-35-31-28-26-24-22-20-18-16-15-17-19-21-23-25-27-30-33-37-41-45-49-57(66)63-54(53-72-62-61(70)60(69)59(68)56(52-64)73-62)55(65)48-44-40-36-32-14-12-10-8-6-4-2/h6,8,14,32,44,48,54-56,59-62,64-65,68-70H,3-5,7,9-13,15-31,33-43,45-47,49-53H2,1-2H3,(H,63,66)/b8-6+,32-14+,48-44+. The molecule has 7 atom stereocenters. The SMILES string of the molecule is CC/C=C/CC/C=C/CC/C=C/C(O)C(COC1OC(CO)C(O)C(O)C1O)NC(=O)CCCCCCCCCCCCCCCCCCCCCCCCCCOC(=O)CCCCCCCCCCCCC. The molecular weight excluding hydrogens is 919 g/mol. The molecule has 428 valence electrons. The van der Waals surface area contributed by atoms with Crippen molar-refractivity contribution in [3.05, 3.63) is 36.5 Å². The van der Waals surface area contributed by atoms with E-state index in [1.54, 1.807) is 6.08 Å². The molecule has 1 aliphatic rings. The Balaban J connectivity index is 2.00.